The lowest BCUT2D eigenvalue weighted by Crippen LogP contribution is -2.26. The molecule has 1 aliphatic rings. The average Bonchev–Trinajstić information content (AvgIpc) is 3.41. The van der Waals surface area contributed by atoms with Gasteiger partial charge in [0, 0.05) is 22.9 Å². The fourth-order valence-electron chi connectivity index (χ4n) is 2.46. The summed E-state index contributed by atoms with van der Waals surface area (Å²) in [4.78, 5) is 12.5. The minimum Gasteiger partial charge on any atom is -0.434 e. The number of hydrogen-bond acceptors (Lipinski definition) is 4. The van der Waals surface area contributed by atoms with Crippen LogP contribution in [0.3, 0.4) is 0 Å². The molecule has 144 valence electrons. The molecule has 0 spiro atoms. The van der Waals surface area contributed by atoms with Gasteiger partial charge in [-0.1, -0.05) is 12.1 Å². The van der Waals surface area contributed by atoms with Gasteiger partial charge in [-0.2, -0.15) is 8.78 Å². The molecule has 0 bridgehead atoms. The lowest BCUT2D eigenvalue weighted by molar-refractivity contribution is -0.0502. The molecule has 2 N–H and O–H groups in total. The van der Waals surface area contributed by atoms with Crippen LogP contribution in [0.25, 0.3) is 0 Å². The molecule has 9 heteroatoms. The van der Waals surface area contributed by atoms with E-state index in [-0.39, 0.29) is 22.3 Å². The summed E-state index contributed by atoms with van der Waals surface area (Å²) in [7, 11) is -3.69. The van der Waals surface area contributed by atoms with Gasteiger partial charge >= 0.3 is 6.61 Å². The number of carbonyl (C=O) groups is 1. The van der Waals surface area contributed by atoms with Crippen molar-refractivity contribution in [2.24, 2.45) is 0 Å². The number of rotatable bonds is 7. The van der Waals surface area contributed by atoms with Crippen molar-refractivity contribution in [3.63, 3.8) is 0 Å². The first kappa shape index (κ1) is 19.2. The van der Waals surface area contributed by atoms with Crippen LogP contribution in [0.4, 0.5) is 14.5 Å². The van der Waals surface area contributed by atoms with Gasteiger partial charge in [0.1, 0.15) is 5.75 Å². The molecule has 2 aromatic carbocycles. The van der Waals surface area contributed by atoms with Crippen molar-refractivity contribution in [3.05, 3.63) is 53.6 Å². The Bertz CT molecular complexity index is 960. The van der Waals surface area contributed by atoms with Gasteiger partial charge in [0.2, 0.25) is 10.0 Å². The van der Waals surface area contributed by atoms with Crippen LogP contribution in [0.5, 0.6) is 5.75 Å². The Kier molecular flexibility index (Phi) is 5.43. The molecule has 0 aliphatic heterocycles. The SMILES string of the molecule is Cc1c(NC(=O)c2cccc(S(=O)(=O)NC3CC3)c2)cccc1OC(F)F. The molecule has 0 heterocycles. The topological polar surface area (TPSA) is 84.5 Å². The number of anilines is 1. The predicted molar refractivity (Wildman–Crippen MR) is 95.5 cm³/mol. The van der Waals surface area contributed by atoms with E-state index in [4.69, 9.17) is 0 Å². The number of halogens is 2. The van der Waals surface area contributed by atoms with Crippen molar-refractivity contribution in [2.45, 2.75) is 37.3 Å². The highest BCUT2D eigenvalue weighted by molar-refractivity contribution is 7.89. The largest absolute Gasteiger partial charge is 0.434 e. The van der Waals surface area contributed by atoms with Gasteiger partial charge in [-0.3, -0.25) is 4.79 Å². The van der Waals surface area contributed by atoms with E-state index in [1.807, 2.05) is 0 Å². The second-order valence-corrected chi connectivity index (χ2v) is 7.90. The number of sulfonamides is 1. The summed E-state index contributed by atoms with van der Waals surface area (Å²) >= 11 is 0. The first-order valence-corrected chi connectivity index (χ1v) is 9.73. The van der Waals surface area contributed by atoms with E-state index in [1.165, 1.54) is 43.3 Å². The van der Waals surface area contributed by atoms with Gasteiger partial charge in [0.15, 0.2) is 0 Å². The quantitative estimate of drug-likeness (QED) is 0.752. The van der Waals surface area contributed by atoms with Gasteiger partial charge in [-0.15, -0.1) is 0 Å². The van der Waals surface area contributed by atoms with Crippen LogP contribution in [0.1, 0.15) is 28.8 Å². The molecular weight excluding hydrogens is 378 g/mol. The minimum absolute atomic E-state index is 0.00597. The number of carbonyl (C=O) groups excluding carboxylic acids is 1. The van der Waals surface area contributed by atoms with Crippen molar-refractivity contribution >= 4 is 21.6 Å². The molecule has 27 heavy (non-hydrogen) atoms. The number of benzene rings is 2. The summed E-state index contributed by atoms with van der Waals surface area (Å²) in [5, 5.41) is 2.59. The Labute approximate surface area is 155 Å². The Balaban J connectivity index is 1.80. The van der Waals surface area contributed by atoms with Gasteiger partial charge in [-0.25, -0.2) is 13.1 Å². The highest BCUT2D eigenvalue weighted by Crippen LogP contribution is 2.27. The molecule has 1 amide bonds. The number of amides is 1. The fraction of sp³-hybridized carbons (Fsp3) is 0.278. The van der Waals surface area contributed by atoms with Crippen LogP contribution >= 0.6 is 0 Å². The summed E-state index contributed by atoms with van der Waals surface area (Å²) in [6.45, 7) is -1.44. The number of alkyl halides is 2. The van der Waals surface area contributed by atoms with E-state index in [0.717, 1.165) is 12.8 Å². The van der Waals surface area contributed by atoms with Crippen LogP contribution in [0.2, 0.25) is 0 Å². The summed E-state index contributed by atoms with van der Waals surface area (Å²) in [5.74, 6) is -0.608. The molecule has 1 aliphatic carbocycles. The van der Waals surface area contributed by atoms with Crippen LogP contribution in [-0.4, -0.2) is 27.0 Å². The van der Waals surface area contributed by atoms with Crippen molar-refractivity contribution in [3.8, 4) is 5.75 Å². The third-order valence-electron chi connectivity index (χ3n) is 4.05. The zero-order valence-electron chi connectivity index (χ0n) is 14.4. The van der Waals surface area contributed by atoms with Crippen LogP contribution < -0.4 is 14.8 Å². The smallest absolute Gasteiger partial charge is 0.387 e. The van der Waals surface area contributed by atoms with E-state index in [9.17, 15) is 22.0 Å². The van der Waals surface area contributed by atoms with E-state index in [0.29, 0.717) is 11.3 Å². The third kappa shape index (κ3) is 4.81. The van der Waals surface area contributed by atoms with Gasteiger partial charge in [0.25, 0.3) is 5.91 Å². The second-order valence-electron chi connectivity index (χ2n) is 6.18. The number of nitrogens with one attached hydrogen (secondary N) is 2. The highest BCUT2D eigenvalue weighted by atomic mass is 32.2. The maximum absolute atomic E-state index is 12.5. The maximum Gasteiger partial charge on any atom is 0.387 e. The standard InChI is InChI=1S/C18H18F2N2O4S/c1-11-15(6-3-7-16(11)26-18(19)20)21-17(23)12-4-2-5-14(10-12)27(24,25)22-13-8-9-13/h2-7,10,13,18,22H,8-9H2,1H3,(H,21,23). The molecule has 1 saturated carbocycles. The Morgan fingerprint density at radius 3 is 2.56 bits per heavy atom. The van der Waals surface area contributed by atoms with E-state index in [1.54, 1.807) is 6.07 Å². The summed E-state index contributed by atoms with van der Waals surface area (Å²) < 4.78 is 56.4. The zero-order chi connectivity index (χ0) is 19.6. The lowest BCUT2D eigenvalue weighted by Gasteiger charge is -2.13. The van der Waals surface area contributed by atoms with E-state index < -0.39 is 22.5 Å². The maximum atomic E-state index is 12.5. The summed E-state index contributed by atoms with van der Waals surface area (Å²) in [6, 6.07) is 9.96. The second kappa shape index (κ2) is 7.61. The van der Waals surface area contributed by atoms with Crippen molar-refractivity contribution in [1.29, 1.82) is 0 Å². The molecule has 0 radical (unpaired) electrons. The average molecular weight is 396 g/mol. The Morgan fingerprint density at radius 2 is 1.89 bits per heavy atom. The van der Waals surface area contributed by atoms with Crippen molar-refractivity contribution in [2.75, 3.05) is 5.32 Å². The van der Waals surface area contributed by atoms with Crippen molar-refractivity contribution < 1.29 is 26.7 Å². The minimum atomic E-state index is -3.69. The number of ether oxygens (including phenoxy) is 1. The summed E-state index contributed by atoms with van der Waals surface area (Å²) in [6.07, 6.45) is 1.60. The van der Waals surface area contributed by atoms with Crippen LogP contribution in [0.15, 0.2) is 47.4 Å². The molecule has 1 fully saturated rings. The Morgan fingerprint density at radius 1 is 1.19 bits per heavy atom. The normalized spacial score (nSPS) is 14.2. The molecule has 6 nitrogen and oxygen atoms in total. The lowest BCUT2D eigenvalue weighted by atomic mass is 10.1. The first-order chi connectivity index (χ1) is 12.8. The first-order valence-electron chi connectivity index (χ1n) is 8.24. The fourth-order valence-corrected chi connectivity index (χ4v) is 3.81. The van der Waals surface area contributed by atoms with E-state index in [2.05, 4.69) is 14.8 Å². The monoisotopic (exact) mass is 396 g/mol. The highest BCUT2D eigenvalue weighted by Gasteiger charge is 2.28. The number of hydrogen-bond donors (Lipinski definition) is 2. The zero-order valence-corrected chi connectivity index (χ0v) is 15.2. The van der Waals surface area contributed by atoms with Crippen molar-refractivity contribution in [1.82, 2.24) is 4.72 Å². The molecule has 2 aromatic rings. The Hall–Kier alpha value is -2.52. The van der Waals surface area contributed by atoms with E-state index >= 15 is 0 Å². The van der Waals surface area contributed by atoms with Crippen LogP contribution in [-0.2, 0) is 10.0 Å². The van der Waals surface area contributed by atoms with Gasteiger partial charge in [-0.05, 0) is 50.1 Å². The molecule has 3 rings (SSSR count). The summed E-state index contributed by atoms with van der Waals surface area (Å²) in [5.41, 5.74) is 0.765. The molecule has 0 saturated heterocycles. The predicted octanol–water partition coefficient (Wildman–Crippen LogP) is 3.29. The van der Waals surface area contributed by atoms with Gasteiger partial charge in [0.05, 0.1) is 4.90 Å². The molecule has 0 aromatic heterocycles. The molecule has 0 atom stereocenters. The third-order valence-corrected chi connectivity index (χ3v) is 5.57. The molecular formula is C18H18F2N2O4S. The van der Waals surface area contributed by atoms with Crippen LogP contribution in [0, 0.1) is 6.92 Å². The molecule has 0 unspecified atom stereocenters. The van der Waals surface area contributed by atoms with Gasteiger partial charge < -0.3 is 10.1 Å².